The molecule has 2 heterocycles. The van der Waals surface area contributed by atoms with Crippen molar-refractivity contribution in [3.8, 4) is 0 Å². The van der Waals surface area contributed by atoms with Gasteiger partial charge < -0.3 is 9.80 Å². The fourth-order valence-electron chi connectivity index (χ4n) is 4.47. The van der Waals surface area contributed by atoms with E-state index in [1.54, 1.807) is 4.90 Å². The standard InChI is InChI=1S/C26H24ClN3O2/c27-22-10-6-19(7-11-22)18-28-15-3-16-29(26(28)32)23-12-8-21(9-13-23)25(31)30-17-14-20-4-1-2-5-24(20)30/h1-2,4-13H,3,14-18H2. The molecule has 5 rings (SSSR count). The monoisotopic (exact) mass is 445 g/mol. The van der Waals surface area contributed by atoms with Gasteiger partial charge >= 0.3 is 6.03 Å². The third kappa shape index (κ3) is 3.96. The predicted octanol–water partition coefficient (Wildman–Crippen LogP) is 5.38. The number of hydrogen-bond acceptors (Lipinski definition) is 2. The van der Waals surface area contributed by atoms with Crippen molar-refractivity contribution in [3.05, 3.63) is 94.5 Å². The van der Waals surface area contributed by atoms with Gasteiger partial charge in [-0.1, -0.05) is 41.9 Å². The molecule has 2 aliphatic rings. The fourth-order valence-corrected chi connectivity index (χ4v) is 4.59. The van der Waals surface area contributed by atoms with Crippen molar-refractivity contribution in [1.29, 1.82) is 0 Å². The number of urea groups is 1. The molecule has 6 heteroatoms. The molecule has 0 N–H and O–H groups in total. The van der Waals surface area contributed by atoms with Crippen molar-refractivity contribution in [2.45, 2.75) is 19.4 Å². The molecule has 0 saturated carbocycles. The van der Waals surface area contributed by atoms with Gasteiger partial charge in [-0.25, -0.2) is 4.79 Å². The van der Waals surface area contributed by atoms with E-state index >= 15 is 0 Å². The number of halogens is 1. The first-order valence-corrected chi connectivity index (χ1v) is 11.3. The largest absolute Gasteiger partial charge is 0.324 e. The van der Waals surface area contributed by atoms with Crippen LogP contribution >= 0.6 is 11.6 Å². The summed E-state index contributed by atoms with van der Waals surface area (Å²) >= 11 is 5.97. The number of benzene rings is 3. The number of nitrogens with zero attached hydrogens (tertiary/aromatic N) is 3. The third-order valence-electron chi connectivity index (χ3n) is 6.16. The highest BCUT2D eigenvalue weighted by atomic mass is 35.5. The SMILES string of the molecule is O=C1N(Cc2ccc(Cl)cc2)CCCN1c1ccc(C(=O)N2CCc3ccccc32)cc1. The Kier molecular flexibility index (Phi) is 5.58. The lowest BCUT2D eigenvalue weighted by molar-refractivity contribution is 0.0989. The van der Waals surface area contributed by atoms with Gasteiger partial charge in [0.2, 0.25) is 0 Å². The number of carbonyl (C=O) groups excluding carboxylic acids is 2. The Labute approximate surface area is 192 Å². The average molecular weight is 446 g/mol. The molecule has 0 radical (unpaired) electrons. The molecule has 3 aromatic rings. The fraction of sp³-hybridized carbons (Fsp3) is 0.231. The Hall–Kier alpha value is -3.31. The lowest BCUT2D eigenvalue weighted by Crippen LogP contribution is -2.49. The molecular weight excluding hydrogens is 422 g/mol. The first-order chi connectivity index (χ1) is 15.6. The summed E-state index contributed by atoms with van der Waals surface area (Å²) in [7, 11) is 0. The molecule has 1 saturated heterocycles. The van der Waals surface area contributed by atoms with Crippen LogP contribution in [0.1, 0.15) is 27.9 Å². The van der Waals surface area contributed by atoms with Crippen LogP contribution in [0.2, 0.25) is 5.02 Å². The maximum atomic E-state index is 13.1. The van der Waals surface area contributed by atoms with Crippen molar-refractivity contribution in [3.63, 3.8) is 0 Å². The third-order valence-corrected chi connectivity index (χ3v) is 6.41. The Bertz CT molecular complexity index is 1140. The summed E-state index contributed by atoms with van der Waals surface area (Å²) in [6, 6.07) is 23.0. The van der Waals surface area contributed by atoms with E-state index in [4.69, 9.17) is 11.6 Å². The van der Waals surface area contributed by atoms with Crippen LogP contribution in [-0.4, -0.2) is 36.5 Å². The quantitative estimate of drug-likeness (QED) is 0.541. The van der Waals surface area contributed by atoms with E-state index in [0.717, 1.165) is 36.3 Å². The number of fused-ring (bicyclic) bond motifs is 1. The molecule has 0 atom stereocenters. The van der Waals surface area contributed by atoms with Crippen LogP contribution in [0.15, 0.2) is 72.8 Å². The number of amides is 3. The minimum Gasteiger partial charge on any atom is -0.320 e. The van der Waals surface area contributed by atoms with Crippen LogP contribution in [0.3, 0.4) is 0 Å². The Morgan fingerprint density at radius 3 is 2.41 bits per heavy atom. The zero-order chi connectivity index (χ0) is 22.1. The smallest absolute Gasteiger partial charge is 0.320 e. The molecule has 32 heavy (non-hydrogen) atoms. The normalized spacial score (nSPS) is 15.8. The van der Waals surface area contributed by atoms with Crippen molar-refractivity contribution in [2.75, 3.05) is 29.4 Å². The van der Waals surface area contributed by atoms with E-state index in [9.17, 15) is 9.59 Å². The van der Waals surface area contributed by atoms with E-state index in [1.165, 1.54) is 5.56 Å². The van der Waals surface area contributed by atoms with Gasteiger partial charge in [0, 0.05) is 48.1 Å². The van der Waals surface area contributed by atoms with Gasteiger partial charge in [0.25, 0.3) is 5.91 Å². The second kappa shape index (κ2) is 8.67. The molecule has 1 fully saturated rings. The summed E-state index contributed by atoms with van der Waals surface area (Å²) in [4.78, 5) is 31.7. The summed E-state index contributed by atoms with van der Waals surface area (Å²) in [6.45, 7) is 2.65. The van der Waals surface area contributed by atoms with Gasteiger partial charge in [0.15, 0.2) is 0 Å². The van der Waals surface area contributed by atoms with Crippen LogP contribution in [0, 0.1) is 0 Å². The maximum Gasteiger partial charge on any atom is 0.324 e. The number of para-hydroxylation sites is 1. The van der Waals surface area contributed by atoms with Gasteiger partial charge in [0.05, 0.1) is 0 Å². The van der Waals surface area contributed by atoms with Gasteiger partial charge in [-0.3, -0.25) is 9.69 Å². The second-order valence-electron chi connectivity index (χ2n) is 8.22. The van der Waals surface area contributed by atoms with Crippen molar-refractivity contribution >= 4 is 34.9 Å². The van der Waals surface area contributed by atoms with E-state index in [2.05, 4.69) is 6.07 Å². The van der Waals surface area contributed by atoms with Gasteiger partial charge in [-0.2, -0.15) is 0 Å². The van der Waals surface area contributed by atoms with Gasteiger partial charge in [0.1, 0.15) is 0 Å². The molecule has 0 bridgehead atoms. The van der Waals surface area contributed by atoms with Crippen molar-refractivity contribution < 1.29 is 9.59 Å². The predicted molar refractivity (Wildman–Crippen MR) is 127 cm³/mol. The number of rotatable bonds is 4. The topological polar surface area (TPSA) is 43.9 Å². The minimum atomic E-state index is -0.0150. The van der Waals surface area contributed by atoms with Gasteiger partial charge in [-0.15, -0.1) is 0 Å². The Balaban J connectivity index is 1.29. The van der Waals surface area contributed by atoms with Crippen LogP contribution in [0.4, 0.5) is 16.2 Å². The molecule has 0 spiro atoms. The van der Waals surface area contributed by atoms with E-state index in [-0.39, 0.29) is 11.9 Å². The van der Waals surface area contributed by atoms with Crippen LogP contribution in [0.25, 0.3) is 0 Å². The van der Waals surface area contributed by atoms with E-state index in [1.807, 2.05) is 76.5 Å². The minimum absolute atomic E-state index is 0.00386. The molecule has 0 aromatic heterocycles. The zero-order valence-corrected chi connectivity index (χ0v) is 18.5. The van der Waals surface area contributed by atoms with Crippen LogP contribution in [0.5, 0.6) is 0 Å². The maximum absolute atomic E-state index is 13.1. The van der Waals surface area contributed by atoms with Crippen LogP contribution in [-0.2, 0) is 13.0 Å². The highest BCUT2D eigenvalue weighted by Crippen LogP contribution is 2.29. The number of anilines is 2. The summed E-state index contributed by atoms with van der Waals surface area (Å²) in [5, 5.41) is 0.687. The first-order valence-electron chi connectivity index (χ1n) is 10.9. The zero-order valence-electron chi connectivity index (χ0n) is 17.7. The summed E-state index contributed by atoms with van der Waals surface area (Å²) in [5.41, 5.74) is 4.70. The highest BCUT2D eigenvalue weighted by Gasteiger charge is 2.28. The van der Waals surface area contributed by atoms with E-state index in [0.29, 0.717) is 30.2 Å². The Morgan fingerprint density at radius 2 is 1.62 bits per heavy atom. The molecule has 3 amide bonds. The molecule has 0 aliphatic carbocycles. The second-order valence-corrected chi connectivity index (χ2v) is 8.65. The summed E-state index contributed by atoms with van der Waals surface area (Å²) in [6.07, 6.45) is 1.77. The lowest BCUT2D eigenvalue weighted by Gasteiger charge is -2.35. The summed E-state index contributed by atoms with van der Waals surface area (Å²) < 4.78 is 0. The van der Waals surface area contributed by atoms with Crippen LogP contribution < -0.4 is 9.80 Å². The van der Waals surface area contributed by atoms with Crippen molar-refractivity contribution in [2.24, 2.45) is 0 Å². The number of carbonyl (C=O) groups is 2. The molecule has 3 aromatic carbocycles. The highest BCUT2D eigenvalue weighted by molar-refractivity contribution is 6.30. The van der Waals surface area contributed by atoms with Crippen molar-refractivity contribution in [1.82, 2.24) is 4.90 Å². The Morgan fingerprint density at radius 1 is 0.875 bits per heavy atom. The molecule has 162 valence electrons. The van der Waals surface area contributed by atoms with Gasteiger partial charge in [-0.05, 0) is 66.4 Å². The lowest BCUT2D eigenvalue weighted by atomic mass is 10.1. The van der Waals surface area contributed by atoms with E-state index < -0.39 is 0 Å². The molecule has 0 unspecified atom stereocenters. The molecular formula is C26H24ClN3O2. The molecule has 2 aliphatic heterocycles. The number of hydrogen-bond donors (Lipinski definition) is 0. The average Bonchev–Trinajstić information content (AvgIpc) is 3.26. The molecule has 5 nitrogen and oxygen atoms in total. The first kappa shape index (κ1) is 20.6. The summed E-state index contributed by atoms with van der Waals surface area (Å²) in [5.74, 6) is -0.00386.